The maximum atomic E-state index is 13.9. The second-order valence-electron chi connectivity index (χ2n) is 4.54. The number of hydrogen-bond donors (Lipinski definition) is 0. The molecule has 0 bridgehead atoms. The molecule has 0 radical (unpaired) electrons. The number of nitrogens with zero attached hydrogens (tertiary/aromatic N) is 2. The molecule has 0 N–H and O–H groups in total. The summed E-state index contributed by atoms with van der Waals surface area (Å²) in [6, 6.07) is 10.1. The summed E-state index contributed by atoms with van der Waals surface area (Å²) in [5, 5.41) is 17.3. The third-order valence-corrected chi connectivity index (χ3v) is 2.82. The lowest BCUT2D eigenvalue weighted by Gasteiger charge is -2.08. The van der Waals surface area contributed by atoms with Gasteiger partial charge in [-0.2, -0.15) is 10.5 Å². The SMILES string of the molecule is N#CC(C#N)=Cc1ccc(OCc2cc(F)cc(F)c2)c(F)c1. The van der Waals surface area contributed by atoms with Crippen LogP contribution in [0.5, 0.6) is 5.75 Å². The molecule has 0 fully saturated rings. The molecule has 0 unspecified atom stereocenters. The van der Waals surface area contributed by atoms with Gasteiger partial charge in [0.25, 0.3) is 0 Å². The summed E-state index contributed by atoms with van der Waals surface area (Å²) in [6.07, 6.45) is 1.23. The van der Waals surface area contributed by atoms with Crippen LogP contribution in [0.2, 0.25) is 0 Å². The molecule has 0 saturated heterocycles. The Morgan fingerprint density at radius 2 is 1.65 bits per heavy atom. The van der Waals surface area contributed by atoms with Crippen molar-refractivity contribution in [2.75, 3.05) is 0 Å². The van der Waals surface area contributed by atoms with Gasteiger partial charge in [-0.3, -0.25) is 0 Å². The molecule has 0 atom stereocenters. The number of rotatable bonds is 4. The van der Waals surface area contributed by atoms with Crippen molar-refractivity contribution in [3.8, 4) is 17.9 Å². The lowest BCUT2D eigenvalue weighted by molar-refractivity contribution is 0.289. The minimum Gasteiger partial charge on any atom is -0.486 e. The molecular weight excluding hydrogens is 305 g/mol. The molecule has 2 aromatic rings. The number of halogens is 3. The largest absolute Gasteiger partial charge is 0.486 e. The summed E-state index contributed by atoms with van der Waals surface area (Å²) >= 11 is 0. The van der Waals surface area contributed by atoms with Gasteiger partial charge in [-0.25, -0.2) is 13.2 Å². The lowest BCUT2D eigenvalue weighted by atomic mass is 10.1. The van der Waals surface area contributed by atoms with Gasteiger partial charge in [0, 0.05) is 6.07 Å². The molecule has 0 amide bonds. The minimum atomic E-state index is -0.745. The van der Waals surface area contributed by atoms with Gasteiger partial charge in [0.15, 0.2) is 11.6 Å². The van der Waals surface area contributed by atoms with Gasteiger partial charge in [-0.1, -0.05) is 6.07 Å². The van der Waals surface area contributed by atoms with Gasteiger partial charge in [0.05, 0.1) is 0 Å². The van der Waals surface area contributed by atoms with Crippen LogP contribution >= 0.6 is 0 Å². The molecule has 23 heavy (non-hydrogen) atoms. The van der Waals surface area contributed by atoms with Crippen molar-refractivity contribution in [3.63, 3.8) is 0 Å². The monoisotopic (exact) mass is 314 g/mol. The average Bonchev–Trinajstić information content (AvgIpc) is 2.51. The Morgan fingerprint density at radius 1 is 1.00 bits per heavy atom. The van der Waals surface area contributed by atoms with Gasteiger partial charge in [-0.05, 0) is 41.5 Å². The van der Waals surface area contributed by atoms with Crippen molar-refractivity contribution < 1.29 is 17.9 Å². The molecule has 114 valence electrons. The number of benzene rings is 2. The van der Waals surface area contributed by atoms with Crippen molar-refractivity contribution in [1.82, 2.24) is 0 Å². The first kappa shape index (κ1) is 16.1. The lowest BCUT2D eigenvalue weighted by Crippen LogP contribution is -1.99. The highest BCUT2D eigenvalue weighted by molar-refractivity contribution is 5.62. The summed E-state index contributed by atoms with van der Waals surface area (Å²) in [4.78, 5) is 0. The summed E-state index contributed by atoms with van der Waals surface area (Å²) in [5.41, 5.74) is 0.389. The average molecular weight is 314 g/mol. The van der Waals surface area contributed by atoms with E-state index in [2.05, 4.69) is 0 Å². The predicted molar refractivity (Wildman–Crippen MR) is 76.3 cm³/mol. The zero-order chi connectivity index (χ0) is 16.8. The zero-order valence-electron chi connectivity index (χ0n) is 11.7. The molecule has 0 aliphatic rings. The van der Waals surface area contributed by atoms with E-state index in [0.29, 0.717) is 5.56 Å². The van der Waals surface area contributed by atoms with Crippen molar-refractivity contribution in [2.45, 2.75) is 6.61 Å². The van der Waals surface area contributed by atoms with E-state index in [1.165, 1.54) is 18.2 Å². The van der Waals surface area contributed by atoms with Gasteiger partial charge in [-0.15, -0.1) is 0 Å². The van der Waals surface area contributed by atoms with E-state index in [-0.39, 0.29) is 23.5 Å². The molecule has 6 heteroatoms. The summed E-state index contributed by atoms with van der Waals surface area (Å²) < 4.78 is 45.2. The highest BCUT2D eigenvalue weighted by Crippen LogP contribution is 2.21. The number of nitriles is 2. The molecular formula is C17H9F3N2O. The van der Waals surface area contributed by atoms with E-state index in [1.807, 2.05) is 0 Å². The van der Waals surface area contributed by atoms with Crippen LogP contribution in [0, 0.1) is 40.1 Å². The fourth-order valence-electron chi connectivity index (χ4n) is 1.84. The molecule has 0 heterocycles. The summed E-state index contributed by atoms with van der Waals surface area (Å²) in [7, 11) is 0. The maximum Gasteiger partial charge on any atom is 0.165 e. The van der Waals surface area contributed by atoms with Crippen molar-refractivity contribution >= 4 is 6.08 Å². The first-order chi connectivity index (χ1) is 11.0. The Labute approximate surface area is 130 Å². The standard InChI is InChI=1S/C17H9F3N2O/c18-14-4-12(5-15(19)7-14)10-23-17-2-1-11(6-16(17)20)3-13(8-21)9-22/h1-7H,10H2. The third kappa shape index (κ3) is 4.36. The Kier molecular flexibility index (Phi) is 5.01. The predicted octanol–water partition coefficient (Wildman–Crippen LogP) is 4.11. The fraction of sp³-hybridized carbons (Fsp3) is 0.0588. The first-order valence-corrected chi connectivity index (χ1v) is 6.41. The molecule has 0 aliphatic heterocycles. The van der Waals surface area contributed by atoms with Crippen LogP contribution in [0.25, 0.3) is 6.08 Å². The van der Waals surface area contributed by atoms with Crippen molar-refractivity contribution in [2.24, 2.45) is 0 Å². The molecule has 0 aliphatic carbocycles. The van der Waals surface area contributed by atoms with Crippen LogP contribution in [0.3, 0.4) is 0 Å². The normalized spacial score (nSPS) is 9.61. The van der Waals surface area contributed by atoms with Crippen LogP contribution in [-0.2, 0) is 6.61 Å². The third-order valence-electron chi connectivity index (χ3n) is 2.82. The van der Waals surface area contributed by atoms with E-state index in [1.54, 1.807) is 12.1 Å². The van der Waals surface area contributed by atoms with E-state index in [9.17, 15) is 13.2 Å². The second-order valence-corrected chi connectivity index (χ2v) is 4.54. The Bertz CT molecular complexity index is 812. The Morgan fingerprint density at radius 3 is 2.22 bits per heavy atom. The van der Waals surface area contributed by atoms with E-state index < -0.39 is 17.5 Å². The van der Waals surface area contributed by atoms with Crippen LogP contribution in [0.15, 0.2) is 42.0 Å². The smallest absolute Gasteiger partial charge is 0.165 e. The van der Waals surface area contributed by atoms with E-state index in [0.717, 1.165) is 24.3 Å². The van der Waals surface area contributed by atoms with E-state index in [4.69, 9.17) is 15.3 Å². The highest BCUT2D eigenvalue weighted by Gasteiger charge is 2.07. The molecule has 3 nitrogen and oxygen atoms in total. The topological polar surface area (TPSA) is 56.8 Å². The Balaban J connectivity index is 2.14. The molecule has 2 rings (SSSR count). The number of hydrogen-bond acceptors (Lipinski definition) is 3. The molecule has 0 spiro atoms. The van der Waals surface area contributed by atoms with Gasteiger partial charge in [0.2, 0.25) is 0 Å². The molecule has 2 aromatic carbocycles. The number of ether oxygens (including phenoxy) is 1. The quantitative estimate of drug-likeness (QED) is 0.798. The van der Waals surface area contributed by atoms with Gasteiger partial charge < -0.3 is 4.74 Å². The van der Waals surface area contributed by atoms with Crippen LogP contribution in [0.4, 0.5) is 13.2 Å². The van der Waals surface area contributed by atoms with Gasteiger partial charge in [0.1, 0.15) is 36.0 Å². The highest BCUT2D eigenvalue weighted by atomic mass is 19.1. The Hall–Kier alpha value is -3.25. The van der Waals surface area contributed by atoms with Crippen molar-refractivity contribution in [3.05, 3.63) is 70.5 Å². The van der Waals surface area contributed by atoms with Crippen molar-refractivity contribution in [1.29, 1.82) is 10.5 Å². The second kappa shape index (κ2) is 7.15. The first-order valence-electron chi connectivity index (χ1n) is 6.41. The maximum absolute atomic E-state index is 13.9. The van der Waals surface area contributed by atoms with E-state index >= 15 is 0 Å². The summed E-state index contributed by atoms with van der Waals surface area (Å²) in [5.74, 6) is -2.32. The number of allylic oxidation sites excluding steroid dienone is 1. The summed E-state index contributed by atoms with van der Waals surface area (Å²) in [6.45, 7) is -0.206. The minimum absolute atomic E-state index is 0.109. The molecule has 0 aromatic heterocycles. The van der Waals surface area contributed by atoms with Gasteiger partial charge >= 0.3 is 0 Å². The molecule has 0 saturated carbocycles. The van der Waals surface area contributed by atoms with Crippen LogP contribution in [0.1, 0.15) is 11.1 Å². The van der Waals surface area contributed by atoms with Crippen LogP contribution in [-0.4, -0.2) is 0 Å². The zero-order valence-corrected chi connectivity index (χ0v) is 11.7. The van der Waals surface area contributed by atoms with Crippen LogP contribution < -0.4 is 4.74 Å². The fourth-order valence-corrected chi connectivity index (χ4v) is 1.84.